The van der Waals surface area contributed by atoms with E-state index in [2.05, 4.69) is 5.32 Å². The predicted octanol–water partition coefficient (Wildman–Crippen LogP) is 4.19. The molecule has 0 saturated carbocycles. The molecule has 1 atom stereocenters. The summed E-state index contributed by atoms with van der Waals surface area (Å²) < 4.78 is 10.6. The molecule has 0 aliphatic heterocycles. The number of nitrogens with one attached hydrogen (secondary N) is 1. The molecule has 0 fully saturated rings. The van der Waals surface area contributed by atoms with Crippen LogP contribution < -0.4 is 5.32 Å². The summed E-state index contributed by atoms with van der Waals surface area (Å²) in [7, 11) is 0. The zero-order chi connectivity index (χ0) is 20.5. The molecule has 6 nitrogen and oxygen atoms in total. The molecule has 150 valence electrons. The van der Waals surface area contributed by atoms with Crippen molar-refractivity contribution >= 4 is 23.7 Å². The average molecular weight is 406 g/mol. The number of alkyl carbamates (subject to hydrolysis) is 1. The minimum atomic E-state index is -0.983. The van der Waals surface area contributed by atoms with Gasteiger partial charge in [0.2, 0.25) is 0 Å². The topological polar surface area (TPSA) is 84.9 Å². The van der Waals surface area contributed by atoms with E-state index in [0.717, 1.165) is 16.7 Å². The van der Waals surface area contributed by atoms with Gasteiger partial charge in [-0.25, -0.2) is 9.59 Å². The highest BCUT2D eigenvalue weighted by molar-refractivity contribution is 6.30. The molecule has 28 heavy (non-hydrogen) atoms. The van der Waals surface area contributed by atoms with Crippen LogP contribution >= 0.6 is 11.6 Å². The minimum absolute atomic E-state index is 0.161. The summed E-state index contributed by atoms with van der Waals surface area (Å²) >= 11 is 5.81. The van der Waals surface area contributed by atoms with Crippen molar-refractivity contribution in [1.29, 1.82) is 0 Å². The quantitative estimate of drug-likeness (QED) is 0.653. The maximum Gasteiger partial charge on any atom is 0.407 e. The van der Waals surface area contributed by atoms with Gasteiger partial charge < -0.3 is 19.9 Å². The van der Waals surface area contributed by atoms with E-state index in [-0.39, 0.29) is 19.1 Å². The number of rotatable bonds is 9. The first-order chi connectivity index (χ1) is 13.3. The number of carbonyl (C=O) groups is 2. The molecule has 2 aromatic rings. The lowest BCUT2D eigenvalue weighted by Crippen LogP contribution is -2.29. The van der Waals surface area contributed by atoms with E-state index < -0.39 is 18.2 Å². The third-order valence-electron chi connectivity index (χ3n) is 3.88. The van der Waals surface area contributed by atoms with Crippen molar-refractivity contribution in [2.45, 2.75) is 45.6 Å². The molecule has 1 amide bonds. The molecule has 0 aromatic heterocycles. The Balaban J connectivity index is 1.79. The lowest BCUT2D eigenvalue weighted by molar-refractivity contribution is -0.153. The van der Waals surface area contributed by atoms with Gasteiger partial charge in [-0.3, -0.25) is 0 Å². The van der Waals surface area contributed by atoms with Gasteiger partial charge in [-0.2, -0.15) is 0 Å². The summed E-state index contributed by atoms with van der Waals surface area (Å²) in [6.45, 7) is 4.08. The van der Waals surface area contributed by atoms with Crippen molar-refractivity contribution in [2.75, 3.05) is 0 Å². The predicted molar refractivity (Wildman–Crippen MR) is 106 cm³/mol. The van der Waals surface area contributed by atoms with Crippen molar-refractivity contribution in [3.8, 4) is 0 Å². The van der Waals surface area contributed by atoms with E-state index in [4.69, 9.17) is 21.1 Å². The molecule has 0 bridgehead atoms. The lowest BCUT2D eigenvalue weighted by atomic mass is 10.1. The van der Waals surface area contributed by atoms with E-state index in [1.807, 2.05) is 24.3 Å². The fourth-order valence-corrected chi connectivity index (χ4v) is 2.61. The fraction of sp³-hybridized carbons (Fsp3) is 0.333. The largest absolute Gasteiger partial charge is 0.479 e. The van der Waals surface area contributed by atoms with Gasteiger partial charge in [-0.15, -0.1) is 0 Å². The van der Waals surface area contributed by atoms with Crippen LogP contribution in [0.2, 0.25) is 5.02 Å². The van der Waals surface area contributed by atoms with Gasteiger partial charge in [-0.05, 0) is 42.7 Å². The number of carboxylic acids is 1. The Morgan fingerprint density at radius 1 is 1.00 bits per heavy atom. The smallest absolute Gasteiger partial charge is 0.407 e. The van der Waals surface area contributed by atoms with Gasteiger partial charge in [0.05, 0.1) is 6.10 Å². The second-order valence-corrected chi connectivity index (χ2v) is 7.02. The van der Waals surface area contributed by atoms with Crippen LogP contribution in [0.3, 0.4) is 0 Å². The Hall–Kier alpha value is -2.57. The molecular formula is C21H24ClNO5. The Morgan fingerprint density at radius 3 is 2.14 bits per heavy atom. The summed E-state index contributed by atoms with van der Waals surface area (Å²) in [5, 5.41) is 12.5. The second-order valence-electron chi connectivity index (χ2n) is 6.59. The van der Waals surface area contributed by atoms with Crippen LogP contribution in [0.1, 0.15) is 30.5 Å². The number of aliphatic carboxylic acids is 1. The van der Waals surface area contributed by atoms with Gasteiger partial charge in [-0.1, -0.05) is 48.0 Å². The van der Waals surface area contributed by atoms with Gasteiger partial charge in [0.15, 0.2) is 6.10 Å². The Kier molecular flexibility index (Phi) is 8.29. The van der Waals surface area contributed by atoms with Crippen LogP contribution in [0.15, 0.2) is 48.5 Å². The standard InChI is InChI=1S/C21H24ClNO5/c1-14(2)28-19(20(24)25)11-15-3-5-16(6-4-15)12-23-21(26)27-13-17-7-9-18(22)10-8-17/h3-10,14,19H,11-13H2,1-2H3,(H,23,26)(H,24,25). The molecule has 0 heterocycles. The highest BCUT2D eigenvalue weighted by Crippen LogP contribution is 2.12. The van der Waals surface area contributed by atoms with Crippen LogP contribution in [0.4, 0.5) is 4.79 Å². The fourth-order valence-electron chi connectivity index (χ4n) is 2.48. The Bertz CT molecular complexity index is 774. The number of hydrogen-bond acceptors (Lipinski definition) is 4. The van der Waals surface area contributed by atoms with Crippen LogP contribution in [0.25, 0.3) is 0 Å². The van der Waals surface area contributed by atoms with E-state index in [0.29, 0.717) is 11.6 Å². The number of amides is 1. The monoisotopic (exact) mass is 405 g/mol. The van der Waals surface area contributed by atoms with Crippen molar-refractivity contribution in [3.05, 3.63) is 70.2 Å². The first-order valence-corrected chi connectivity index (χ1v) is 9.32. The van der Waals surface area contributed by atoms with Crippen molar-refractivity contribution in [1.82, 2.24) is 5.32 Å². The SMILES string of the molecule is CC(C)OC(Cc1ccc(CNC(=O)OCc2ccc(Cl)cc2)cc1)C(=O)O. The summed E-state index contributed by atoms with van der Waals surface area (Å²) in [5.74, 6) is -0.983. The van der Waals surface area contributed by atoms with E-state index >= 15 is 0 Å². The average Bonchev–Trinajstić information content (AvgIpc) is 2.66. The number of hydrogen-bond donors (Lipinski definition) is 2. The van der Waals surface area contributed by atoms with Crippen molar-refractivity contribution in [2.24, 2.45) is 0 Å². The zero-order valence-corrected chi connectivity index (χ0v) is 16.6. The lowest BCUT2D eigenvalue weighted by Gasteiger charge is -2.16. The molecule has 0 radical (unpaired) electrons. The van der Waals surface area contributed by atoms with Crippen LogP contribution in [-0.4, -0.2) is 29.4 Å². The van der Waals surface area contributed by atoms with Crippen molar-refractivity contribution in [3.63, 3.8) is 0 Å². The summed E-state index contributed by atoms with van der Waals surface area (Å²) in [4.78, 5) is 23.1. The van der Waals surface area contributed by atoms with E-state index in [1.165, 1.54) is 0 Å². The number of ether oxygens (including phenoxy) is 2. The molecule has 7 heteroatoms. The zero-order valence-electron chi connectivity index (χ0n) is 15.9. The molecule has 0 aliphatic carbocycles. The van der Waals surface area contributed by atoms with Gasteiger partial charge in [0.1, 0.15) is 6.61 Å². The number of carbonyl (C=O) groups excluding carboxylic acids is 1. The highest BCUT2D eigenvalue weighted by atomic mass is 35.5. The van der Waals surface area contributed by atoms with Gasteiger partial charge in [0.25, 0.3) is 0 Å². The molecular weight excluding hydrogens is 382 g/mol. The third-order valence-corrected chi connectivity index (χ3v) is 4.13. The van der Waals surface area contributed by atoms with Crippen LogP contribution in [0, 0.1) is 0 Å². The highest BCUT2D eigenvalue weighted by Gasteiger charge is 2.20. The maximum atomic E-state index is 11.8. The molecule has 2 rings (SSSR count). The van der Waals surface area contributed by atoms with Gasteiger partial charge >= 0.3 is 12.1 Å². The molecule has 0 spiro atoms. The summed E-state index contributed by atoms with van der Waals surface area (Å²) in [6.07, 6.45) is -1.28. The molecule has 2 N–H and O–H groups in total. The molecule has 0 aliphatic rings. The number of halogens is 1. The summed E-state index contributed by atoms with van der Waals surface area (Å²) in [5.41, 5.74) is 2.58. The third kappa shape index (κ3) is 7.58. The second kappa shape index (κ2) is 10.7. The summed E-state index contributed by atoms with van der Waals surface area (Å²) in [6, 6.07) is 14.4. The maximum absolute atomic E-state index is 11.8. The van der Waals surface area contributed by atoms with Crippen molar-refractivity contribution < 1.29 is 24.2 Å². The molecule has 2 aromatic carbocycles. The Labute approximate surface area is 169 Å². The Morgan fingerprint density at radius 2 is 1.57 bits per heavy atom. The first-order valence-electron chi connectivity index (χ1n) is 8.94. The number of carboxylic acid groups (broad SMARTS) is 1. The minimum Gasteiger partial charge on any atom is -0.479 e. The number of benzene rings is 2. The van der Waals surface area contributed by atoms with E-state index in [1.54, 1.807) is 38.1 Å². The first kappa shape index (κ1) is 21.7. The molecule has 0 saturated heterocycles. The molecule has 1 unspecified atom stereocenters. The van der Waals surface area contributed by atoms with E-state index in [9.17, 15) is 14.7 Å². The normalized spacial score (nSPS) is 11.9. The van der Waals surface area contributed by atoms with Crippen LogP contribution in [-0.2, 0) is 33.8 Å². The van der Waals surface area contributed by atoms with Crippen LogP contribution in [0.5, 0.6) is 0 Å². The van der Waals surface area contributed by atoms with Gasteiger partial charge in [0, 0.05) is 18.0 Å².